The number of anilines is 1. The van der Waals surface area contributed by atoms with Gasteiger partial charge in [0.1, 0.15) is 5.82 Å². The van der Waals surface area contributed by atoms with Crippen molar-refractivity contribution in [1.82, 2.24) is 4.31 Å². The average molecular weight is 353 g/mol. The molecule has 0 aromatic heterocycles. The number of rotatable bonds is 2. The van der Waals surface area contributed by atoms with Gasteiger partial charge in [-0.25, -0.2) is 12.8 Å². The van der Waals surface area contributed by atoms with Crippen molar-refractivity contribution in [1.29, 1.82) is 0 Å². The molecule has 1 aromatic carbocycles. The number of hydrogen-bond donors (Lipinski definition) is 1. The van der Waals surface area contributed by atoms with Crippen LogP contribution < -0.4 is 5.73 Å². The Kier molecular flexibility index (Phi) is 4.14. The Hall–Kier alpha value is -0.700. The van der Waals surface area contributed by atoms with Gasteiger partial charge in [-0.1, -0.05) is 0 Å². The van der Waals surface area contributed by atoms with E-state index < -0.39 is 15.8 Å². The number of nitrogens with two attached hydrogens (primary N) is 1. The van der Waals surface area contributed by atoms with Crippen molar-refractivity contribution in [2.75, 3.05) is 25.4 Å². The smallest absolute Gasteiger partial charge is 0.244 e. The second-order valence-electron chi connectivity index (χ2n) is 4.35. The third-order valence-corrected chi connectivity index (χ3v) is 5.70. The highest BCUT2D eigenvalue weighted by Gasteiger charge is 2.31. The van der Waals surface area contributed by atoms with E-state index in [4.69, 9.17) is 10.5 Å². The number of ether oxygens (including phenoxy) is 1. The molecule has 1 aliphatic heterocycles. The molecule has 1 fully saturated rings. The molecule has 19 heavy (non-hydrogen) atoms. The summed E-state index contributed by atoms with van der Waals surface area (Å²) in [5.41, 5.74) is 5.25. The second-order valence-corrected chi connectivity index (χ2v) is 7.11. The van der Waals surface area contributed by atoms with E-state index in [1.165, 1.54) is 4.31 Å². The summed E-state index contributed by atoms with van der Waals surface area (Å²) in [7, 11) is -3.71. The van der Waals surface area contributed by atoms with Gasteiger partial charge in [-0.3, -0.25) is 0 Å². The first-order chi connectivity index (χ1) is 8.82. The zero-order valence-electron chi connectivity index (χ0n) is 10.3. The molecule has 0 amide bonds. The van der Waals surface area contributed by atoms with E-state index in [1.54, 1.807) is 6.92 Å². The first-order valence-corrected chi connectivity index (χ1v) is 7.92. The molecule has 106 valence electrons. The van der Waals surface area contributed by atoms with E-state index in [9.17, 15) is 12.8 Å². The van der Waals surface area contributed by atoms with E-state index in [0.29, 0.717) is 6.61 Å². The van der Waals surface area contributed by atoms with Gasteiger partial charge in [-0.05, 0) is 35.0 Å². The maximum absolute atomic E-state index is 13.3. The molecule has 8 heteroatoms. The summed E-state index contributed by atoms with van der Waals surface area (Å²) >= 11 is 3.07. The number of hydrogen-bond acceptors (Lipinski definition) is 4. The molecule has 1 unspecified atom stereocenters. The predicted octanol–water partition coefficient (Wildman–Crippen LogP) is 1.58. The van der Waals surface area contributed by atoms with Crippen LogP contribution in [0.15, 0.2) is 21.5 Å². The monoisotopic (exact) mass is 352 g/mol. The standard InChI is InChI=1S/C11H14BrFN2O3S/c1-7-6-15(2-3-18-7)19(16,17)11-5-10(14)9(13)4-8(11)12/h4-5,7H,2-3,6,14H2,1H3. The van der Waals surface area contributed by atoms with Crippen LogP contribution in [-0.4, -0.2) is 38.5 Å². The summed E-state index contributed by atoms with van der Waals surface area (Å²) in [6, 6.07) is 2.20. The Balaban J connectivity index is 2.42. The van der Waals surface area contributed by atoms with Gasteiger partial charge in [-0.2, -0.15) is 4.31 Å². The molecule has 0 saturated carbocycles. The minimum absolute atomic E-state index is 0.0273. The van der Waals surface area contributed by atoms with E-state index in [0.717, 1.165) is 12.1 Å². The Morgan fingerprint density at radius 2 is 2.21 bits per heavy atom. The van der Waals surface area contributed by atoms with Crippen molar-refractivity contribution < 1.29 is 17.5 Å². The van der Waals surface area contributed by atoms with Crippen LogP contribution in [0.3, 0.4) is 0 Å². The fourth-order valence-corrected chi connectivity index (χ4v) is 4.40. The molecule has 1 aromatic rings. The van der Waals surface area contributed by atoms with E-state index in [1.807, 2.05) is 0 Å². The maximum Gasteiger partial charge on any atom is 0.244 e. The van der Waals surface area contributed by atoms with Gasteiger partial charge in [-0.15, -0.1) is 0 Å². The van der Waals surface area contributed by atoms with Crippen LogP contribution in [0.25, 0.3) is 0 Å². The van der Waals surface area contributed by atoms with Crippen LogP contribution in [-0.2, 0) is 14.8 Å². The van der Waals surface area contributed by atoms with Crippen LogP contribution in [0.2, 0.25) is 0 Å². The molecular formula is C11H14BrFN2O3S. The highest BCUT2D eigenvalue weighted by Crippen LogP contribution is 2.29. The number of benzene rings is 1. The van der Waals surface area contributed by atoms with Crippen molar-refractivity contribution in [2.45, 2.75) is 17.9 Å². The highest BCUT2D eigenvalue weighted by atomic mass is 79.9. The van der Waals surface area contributed by atoms with Gasteiger partial charge in [0.2, 0.25) is 10.0 Å². The Labute approximate surface area is 119 Å². The van der Waals surface area contributed by atoms with Gasteiger partial charge in [0.05, 0.1) is 23.3 Å². The van der Waals surface area contributed by atoms with Gasteiger partial charge >= 0.3 is 0 Å². The number of morpholine rings is 1. The minimum atomic E-state index is -3.71. The molecule has 2 rings (SSSR count). The minimum Gasteiger partial charge on any atom is -0.396 e. The van der Waals surface area contributed by atoms with Gasteiger partial charge in [0.25, 0.3) is 0 Å². The van der Waals surface area contributed by atoms with Crippen molar-refractivity contribution in [3.8, 4) is 0 Å². The summed E-state index contributed by atoms with van der Waals surface area (Å²) in [4.78, 5) is -0.0273. The zero-order chi connectivity index (χ0) is 14.2. The number of halogens is 2. The van der Waals surface area contributed by atoms with Crippen molar-refractivity contribution in [3.05, 3.63) is 22.4 Å². The molecule has 0 aliphatic carbocycles. The van der Waals surface area contributed by atoms with Crippen molar-refractivity contribution >= 4 is 31.6 Å². The van der Waals surface area contributed by atoms with Crippen molar-refractivity contribution in [3.63, 3.8) is 0 Å². The number of nitrogens with zero attached hydrogens (tertiary/aromatic N) is 1. The molecular weight excluding hydrogens is 339 g/mol. The van der Waals surface area contributed by atoms with Crippen LogP contribution in [0, 0.1) is 5.82 Å². The lowest BCUT2D eigenvalue weighted by atomic mass is 10.3. The summed E-state index contributed by atoms with van der Waals surface area (Å²) in [6.07, 6.45) is -0.167. The van der Waals surface area contributed by atoms with E-state index in [2.05, 4.69) is 15.9 Å². The van der Waals surface area contributed by atoms with Crippen LogP contribution >= 0.6 is 15.9 Å². The second kappa shape index (κ2) is 5.35. The highest BCUT2D eigenvalue weighted by molar-refractivity contribution is 9.10. The molecule has 5 nitrogen and oxygen atoms in total. The molecule has 1 atom stereocenters. The predicted molar refractivity (Wildman–Crippen MR) is 72.7 cm³/mol. The Morgan fingerprint density at radius 1 is 1.53 bits per heavy atom. The molecule has 0 spiro atoms. The van der Waals surface area contributed by atoms with Crippen LogP contribution in [0.1, 0.15) is 6.92 Å². The maximum atomic E-state index is 13.3. The van der Waals surface area contributed by atoms with Crippen LogP contribution in [0.5, 0.6) is 0 Å². The van der Waals surface area contributed by atoms with Gasteiger partial charge in [0.15, 0.2) is 0 Å². The third kappa shape index (κ3) is 2.91. The zero-order valence-corrected chi connectivity index (χ0v) is 12.7. The lowest BCUT2D eigenvalue weighted by Gasteiger charge is -2.30. The fraction of sp³-hybridized carbons (Fsp3) is 0.455. The summed E-state index contributed by atoms with van der Waals surface area (Å²) in [5, 5.41) is 0. The summed E-state index contributed by atoms with van der Waals surface area (Å²) < 4.78 is 45.0. The lowest BCUT2D eigenvalue weighted by molar-refractivity contribution is 0.0102. The Morgan fingerprint density at radius 3 is 2.84 bits per heavy atom. The lowest BCUT2D eigenvalue weighted by Crippen LogP contribution is -2.44. The topological polar surface area (TPSA) is 72.6 Å². The molecule has 0 radical (unpaired) electrons. The largest absolute Gasteiger partial charge is 0.396 e. The molecule has 2 N–H and O–H groups in total. The fourth-order valence-electron chi connectivity index (χ4n) is 1.89. The van der Waals surface area contributed by atoms with Crippen molar-refractivity contribution in [2.24, 2.45) is 0 Å². The summed E-state index contributed by atoms with van der Waals surface area (Å²) in [5.74, 6) is -0.652. The van der Waals surface area contributed by atoms with E-state index >= 15 is 0 Å². The molecule has 1 heterocycles. The van der Waals surface area contributed by atoms with Crippen LogP contribution in [0.4, 0.5) is 10.1 Å². The number of sulfonamides is 1. The number of nitrogen functional groups attached to an aromatic ring is 1. The summed E-state index contributed by atoms with van der Waals surface area (Å²) in [6.45, 7) is 2.69. The molecule has 1 aliphatic rings. The average Bonchev–Trinajstić information content (AvgIpc) is 2.33. The first kappa shape index (κ1) is 14.7. The molecule has 1 saturated heterocycles. The SMILES string of the molecule is CC1CN(S(=O)(=O)c2cc(N)c(F)cc2Br)CCO1. The molecule has 0 bridgehead atoms. The normalized spacial score (nSPS) is 21.5. The van der Waals surface area contributed by atoms with Gasteiger partial charge in [0, 0.05) is 17.6 Å². The third-order valence-electron chi connectivity index (χ3n) is 2.87. The van der Waals surface area contributed by atoms with E-state index in [-0.39, 0.29) is 34.2 Å². The van der Waals surface area contributed by atoms with Gasteiger partial charge < -0.3 is 10.5 Å². The Bertz CT molecular complexity index is 594. The first-order valence-electron chi connectivity index (χ1n) is 5.68. The quantitative estimate of drug-likeness (QED) is 0.820.